The zero-order chi connectivity index (χ0) is 16.8. The van der Waals surface area contributed by atoms with Crippen molar-refractivity contribution in [2.75, 3.05) is 23.8 Å². The van der Waals surface area contributed by atoms with E-state index in [1.165, 1.54) is 6.20 Å². The van der Waals surface area contributed by atoms with Crippen molar-refractivity contribution in [1.29, 1.82) is 0 Å². The van der Waals surface area contributed by atoms with E-state index in [2.05, 4.69) is 38.1 Å². The Morgan fingerprint density at radius 2 is 2.09 bits per heavy atom. The zero-order valence-corrected chi connectivity index (χ0v) is 15.2. The van der Waals surface area contributed by atoms with Gasteiger partial charge in [0.05, 0.1) is 18.1 Å². The maximum absolute atomic E-state index is 12.3. The van der Waals surface area contributed by atoms with Crippen LogP contribution in [0.4, 0.5) is 11.5 Å². The summed E-state index contributed by atoms with van der Waals surface area (Å²) in [6, 6.07) is 5.75. The molecular formula is C17H21BrN4O. The third kappa shape index (κ3) is 4.76. The molecule has 23 heavy (non-hydrogen) atoms. The summed E-state index contributed by atoms with van der Waals surface area (Å²) >= 11 is 3.45. The second-order valence-corrected chi connectivity index (χ2v) is 6.33. The SMILES string of the molecule is CCCCN(C)c1cnc(C(=O)Nc2ccc(C)cc2Br)cn1. The summed E-state index contributed by atoms with van der Waals surface area (Å²) in [7, 11) is 1.98. The fraction of sp³-hybridized carbons (Fsp3) is 0.353. The Morgan fingerprint density at radius 1 is 1.30 bits per heavy atom. The van der Waals surface area contributed by atoms with E-state index in [9.17, 15) is 4.79 Å². The van der Waals surface area contributed by atoms with Gasteiger partial charge in [0.25, 0.3) is 5.91 Å². The third-order valence-corrected chi connectivity index (χ3v) is 4.14. The van der Waals surface area contributed by atoms with Crippen LogP contribution >= 0.6 is 15.9 Å². The van der Waals surface area contributed by atoms with Gasteiger partial charge in [-0.05, 0) is 47.0 Å². The minimum Gasteiger partial charge on any atom is -0.358 e. The summed E-state index contributed by atoms with van der Waals surface area (Å²) in [6.45, 7) is 5.07. The Morgan fingerprint density at radius 3 is 2.70 bits per heavy atom. The summed E-state index contributed by atoms with van der Waals surface area (Å²) in [5.41, 5.74) is 2.13. The molecule has 1 aromatic carbocycles. The second kappa shape index (κ2) is 8.06. The number of nitrogens with zero attached hydrogens (tertiary/aromatic N) is 3. The minimum absolute atomic E-state index is 0.273. The summed E-state index contributed by atoms with van der Waals surface area (Å²) in [6.07, 6.45) is 5.37. The fourth-order valence-corrected chi connectivity index (χ4v) is 2.65. The molecule has 122 valence electrons. The van der Waals surface area contributed by atoms with Crippen LogP contribution in [0.2, 0.25) is 0 Å². The number of unbranched alkanes of at least 4 members (excludes halogenated alkanes) is 1. The molecule has 0 fully saturated rings. The number of rotatable bonds is 6. The van der Waals surface area contributed by atoms with Gasteiger partial charge in [-0.2, -0.15) is 0 Å². The average molecular weight is 377 g/mol. The molecule has 1 amide bonds. The monoisotopic (exact) mass is 376 g/mol. The van der Waals surface area contributed by atoms with Gasteiger partial charge in [0.1, 0.15) is 11.5 Å². The molecular weight excluding hydrogens is 356 g/mol. The Labute approximate surface area is 145 Å². The first-order valence-corrected chi connectivity index (χ1v) is 8.41. The van der Waals surface area contributed by atoms with Crippen LogP contribution in [0.3, 0.4) is 0 Å². The molecule has 0 aliphatic rings. The predicted molar refractivity (Wildman–Crippen MR) is 97.0 cm³/mol. The number of amides is 1. The molecule has 2 rings (SSSR count). The molecule has 0 saturated heterocycles. The fourth-order valence-electron chi connectivity index (χ4n) is 2.05. The number of aromatic nitrogens is 2. The molecule has 1 heterocycles. The molecule has 0 radical (unpaired) electrons. The Bertz CT molecular complexity index is 673. The van der Waals surface area contributed by atoms with Crippen LogP contribution in [0.15, 0.2) is 35.1 Å². The highest BCUT2D eigenvalue weighted by Gasteiger charge is 2.11. The van der Waals surface area contributed by atoms with Gasteiger partial charge in [0.15, 0.2) is 0 Å². The van der Waals surface area contributed by atoms with Gasteiger partial charge in [-0.15, -0.1) is 0 Å². The van der Waals surface area contributed by atoms with E-state index in [1.54, 1.807) is 6.20 Å². The predicted octanol–water partition coefficient (Wildman–Crippen LogP) is 4.04. The Balaban J connectivity index is 2.05. The van der Waals surface area contributed by atoms with E-state index in [-0.39, 0.29) is 5.91 Å². The molecule has 0 saturated carbocycles. The number of hydrogen-bond donors (Lipinski definition) is 1. The first-order chi connectivity index (χ1) is 11.0. The summed E-state index contributed by atoms with van der Waals surface area (Å²) < 4.78 is 0.842. The second-order valence-electron chi connectivity index (χ2n) is 5.47. The van der Waals surface area contributed by atoms with Crippen molar-refractivity contribution in [3.8, 4) is 0 Å². The maximum atomic E-state index is 12.3. The Kier molecular flexibility index (Phi) is 6.10. The van der Waals surface area contributed by atoms with Gasteiger partial charge in [-0.3, -0.25) is 4.79 Å². The first-order valence-electron chi connectivity index (χ1n) is 7.62. The number of nitrogens with one attached hydrogen (secondary N) is 1. The van der Waals surface area contributed by atoms with Gasteiger partial charge < -0.3 is 10.2 Å². The highest BCUT2D eigenvalue weighted by atomic mass is 79.9. The topological polar surface area (TPSA) is 58.1 Å². The van der Waals surface area contributed by atoms with Crippen LogP contribution in [0, 0.1) is 6.92 Å². The summed E-state index contributed by atoms with van der Waals surface area (Å²) in [5.74, 6) is 0.497. The maximum Gasteiger partial charge on any atom is 0.275 e. The van der Waals surface area contributed by atoms with Gasteiger partial charge in [-0.1, -0.05) is 19.4 Å². The lowest BCUT2D eigenvalue weighted by molar-refractivity contribution is 0.102. The van der Waals surface area contributed by atoms with Gasteiger partial charge in [0.2, 0.25) is 0 Å². The largest absolute Gasteiger partial charge is 0.358 e. The Hall–Kier alpha value is -1.95. The van der Waals surface area contributed by atoms with E-state index in [4.69, 9.17) is 0 Å². The van der Waals surface area contributed by atoms with Crippen molar-refractivity contribution in [2.45, 2.75) is 26.7 Å². The van der Waals surface area contributed by atoms with Crippen molar-refractivity contribution in [3.63, 3.8) is 0 Å². The zero-order valence-electron chi connectivity index (χ0n) is 13.6. The van der Waals surface area contributed by atoms with Crippen LogP contribution in [0.5, 0.6) is 0 Å². The van der Waals surface area contributed by atoms with Crippen LogP contribution in [0.1, 0.15) is 35.8 Å². The van der Waals surface area contributed by atoms with Crippen LogP contribution < -0.4 is 10.2 Å². The lowest BCUT2D eigenvalue weighted by Crippen LogP contribution is -2.21. The number of anilines is 2. The minimum atomic E-state index is -0.273. The molecule has 0 atom stereocenters. The van der Waals surface area contributed by atoms with Gasteiger partial charge in [0, 0.05) is 18.1 Å². The smallest absolute Gasteiger partial charge is 0.275 e. The highest BCUT2D eigenvalue weighted by Crippen LogP contribution is 2.23. The lowest BCUT2D eigenvalue weighted by Gasteiger charge is -2.17. The van der Waals surface area contributed by atoms with E-state index < -0.39 is 0 Å². The molecule has 0 aliphatic heterocycles. The molecule has 0 unspecified atom stereocenters. The molecule has 2 aromatic rings. The molecule has 6 heteroatoms. The van der Waals surface area contributed by atoms with Crippen LogP contribution in [0.25, 0.3) is 0 Å². The average Bonchev–Trinajstić information content (AvgIpc) is 2.55. The van der Waals surface area contributed by atoms with Gasteiger partial charge in [-0.25, -0.2) is 9.97 Å². The molecule has 0 aliphatic carbocycles. The number of benzene rings is 1. The van der Waals surface area contributed by atoms with Gasteiger partial charge >= 0.3 is 0 Å². The lowest BCUT2D eigenvalue weighted by atomic mass is 10.2. The number of hydrogen-bond acceptors (Lipinski definition) is 4. The molecule has 0 bridgehead atoms. The molecule has 0 spiro atoms. The first kappa shape index (κ1) is 17.4. The normalized spacial score (nSPS) is 10.4. The standard InChI is InChI=1S/C17H21BrN4O/c1-4-5-8-22(3)16-11-19-15(10-20-16)17(23)21-14-7-6-12(2)9-13(14)18/h6-7,9-11H,4-5,8H2,1-3H3,(H,21,23). The summed E-state index contributed by atoms with van der Waals surface area (Å²) in [4.78, 5) is 22.8. The number of carbonyl (C=O) groups excluding carboxylic acids is 1. The highest BCUT2D eigenvalue weighted by molar-refractivity contribution is 9.10. The number of carbonyl (C=O) groups is 1. The van der Waals surface area contributed by atoms with Crippen LogP contribution in [-0.4, -0.2) is 29.5 Å². The van der Waals surface area contributed by atoms with Crippen molar-refractivity contribution in [2.24, 2.45) is 0 Å². The molecule has 5 nitrogen and oxygen atoms in total. The van der Waals surface area contributed by atoms with E-state index in [0.717, 1.165) is 35.2 Å². The number of aryl methyl sites for hydroxylation is 1. The third-order valence-electron chi connectivity index (χ3n) is 3.48. The van der Waals surface area contributed by atoms with Crippen molar-refractivity contribution in [3.05, 3.63) is 46.3 Å². The van der Waals surface area contributed by atoms with Crippen molar-refractivity contribution >= 4 is 33.3 Å². The van der Waals surface area contributed by atoms with Crippen LogP contribution in [-0.2, 0) is 0 Å². The van der Waals surface area contributed by atoms with Crippen molar-refractivity contribution in [1.82, 2.24) is 9.97 Å². The number of halogens is 1. The molecule has 1 N–H and O–H groups in total. The summed E-state index contributed by atoms with van der Waals surface area (Å²) in [5, 5.41) is 2.83. The van der Waals surface area contributed by atoms with Crippen molar-refractivity contribution < 1.29 is 4.79 Å². The van der Waals surface area contributed by atoms with E-state index >= 15 is 0 Å². The van der Waals surface area contributed by atoms with E-state index in [1.807, 2.05) is 37.1 Å². The molecule has 1 aromatic heterocycles. The quantitative estimate of drug-likeness (QED) is 0.826. The van der Waals surface area contributed by atoms with E-state index in [0.29, 0.717) is 11.4 Å².